The average molecular weight is 1420 g/mol. The van der Waals surface area contributed by atoms with Gasteiger partial charge in [0.15, 0.2) is 50.3 Å². The Labute approximate surface area is 535 Å². The second-order valence-electron chi connectivity index (χ2n) is 22.9. The second kappa shape index (κ2) is 33.9. The van der Waals surface area contributed by atoms with Gasteiger partial charge in [-0.1, -0.05) is 15.9 Å². The third kappa shape index (κ3) is 17.5. The fourth-order valence-corrected chi connectivity index (χ4v) is 11.8. The zero-order valence-electron chi connectivity index (χ0n) is 49.9. The van der Waals surface area contributed by atoms with Crippen LogP contribution in [0, 0.1) is 0 Å². The molecule has 42 heteroatoms. The van der Waals surface area contributed by atoms with Crippen molar-refractivity contribution < 1.29 is 177 Å². The SMILES string of the molecule is CC(=O)NC1C(O)[C@H](O)[C@H](CO)O[C@H]1OC1[C@@H](OC2O[C@@H](O[C@@H]3C(CO)O[C@@H](O[C@@H]4C(CO)O[C@@H](NC(=O)CBr)C(NC(C)=O)[C@H]4O)C(NC(C)=O)[C@H]3O)C(O)[C@@H](O[C@H]3OC(CO)[C@@H](O)C(O)C3O[C@@H]3OC(CO)[C@@H](O)[C@H](O)C3NC(C)=O)[C@@H]2O)OC(CO)[C@@H](O)[C@@H]1O. The summed E-state index contributed by atoms with van der Waals surface area (Å²) in [5.74, 6) is -4.04. The van der Waals surface area contributed by atoms with Gasteiger partial charge in [0.2, 0.25) is 29.5 Å². The second-order valence-corrected chi connectivity index (χ2v) is 23.5. The van der Waals surface area contributed by atoms with Crippen LogP contribution < -0.4 is 26.6 Å². The normalized spacial score (nSPS) is 46.4. The lowest BCUT2D eigenvalue weighted by molar-refractivity contribution is -0.432. The topological polar surface area (TPSA) is 630 Å². The first-order chi connectivity index (χ1) is 44.0. The van der Waals surface area contributed by atoms with Gasteiger partial charge in [0.25, 0.3) is 0 Å². The molecular formula is C51H84BrN5O36. The van der Waals surface area contributed by atoms with E-state index in [0.717, 1.165) is 27.7 Å². The van der Waals surface area contributed by atoms with Crippen LogP contribution in [0.1, 0.15) is 27.7 Å². The third-order valence-electron chi connectivity index (χ3n) is 16.3. The van der Waals surface area contributed by atoms with Gasteiger partial charge >= 0.3 is 0 Å². The Bertz CT molecular complexity index is 2440. The number of halogens is 1. The molecule has 7 heterocycles. The van der Waals surface area contributed by atoms with Crippen molar-refractivity contribution in [2.45, 2.75) is 243 Å². The van der Waals surface area contributed by atoms with E-state index in [1.165, 1.54) is 0 Å². The van der Waals surface area contributed by atoms with Crippen molar-refractivity contribution in [1.82, 2.24) is 26.6 Å². The molecule has 0 aromatic carbocycles. The summed E-state index contributed by atoms with van der Waals surface area (Å²) in [6.45, 7) is -2.32. The number of nitrogens with one attached hydrogen (secondary N) is 5. The smallest absolute Gasteiger partial charge is 0.232 e. The van der Waals surface area contributed by atoms with Crippen LogP contribution in [0.4, 0.5) is 0 Å². The molecule has 7 fully saturated rings. The van der Waals surface area contributed by atoms with E-state index in [9.17, 15) is 116 Å². The Morgan fingerprint density at radius 1 is 0.301 bits per heavy atom. The van der Waals surface area contributed by atoms with Gasteiger partial charge in [0.05, 0.1) is 45.0 Å². The highest BCUT2D eigenvalue weighted by Crippen LogP contribution is 2.39. The molecule has 536 valence electrons. The molecule has 7 aliphatic rings. The van der Waals surface area contributed by atoms with Crippen LogP contribution in [0.2, 0.25) is 0 Å². The molecule has 23 N–H and O–H groups in total. The van der Waals surface area contributed by atoms with Crippen molar-refractivity contribution >= 4 is 45.5 Å². The molecule has 0 saturated carbocycles. The number of aliphatic hydroxyl groups excluding tert-OH is 18. The van der Waals surface area contributed by atoms with E-state index in [2.05, 4.69) is 42.5 Å². The fraction of sp³-hybridized carbons (Fsp3) is 0.902. The minimum absolute atomic E-state index is 0.270. The van der Waals surface area contributed by atoms with Gasteiger partial charge in [-0.2, -0.15) is 0 Å². The van der Waals surface area contributed by atoms with Crippen LogP contribution >= 0.6 is 15.9 Å². The van der Waals surface area contributed by atoms with Gasteiger partial charge in [-0.3, -0.25) is 24.0 Å². The molecule has 7 aliphatic heterocycles. The van der Waals surface area contributed by atoms with Crippen LogP contribution in [-0.2, 0) is 85.6 Å². The lowest BCUT2D eigenvalue weighted by Crippen LogP contribution is -2.72. The first-order valence-corrected chi connectivity index (χ1v) is 30.4. The van der Waals surface area contributed by atoms with E-state index in [0.29, 0.717) is 0 Å². The van der Waals surface area contributed by atoms with E-state index in [1.807, 2.05) is 0 Å². The molecule has 0 aromatic heterocycles. The minimum atomic E-state index is -2.56. The third-order valence-corrected chi connectivity index (χ3v) is 16.8. The molecular weight excluding hydrogens is 1340 g/mol. The molecule has 0 spiro atoms. The molecule has 93 heavy (non-hydrogen) atoms. The largest absolute Gasteiger partial charge is 0.394 e. The monoisotopic (exact) mass is 1420 g/mol. The number of rotatable bonds is 24. The summed E-state index contributed by atoms with van der Waals surface area (Å²) in [5.41, 5.74) is 0. The standard InChI is InChI=1S/C51H84BrN5O36/c1-12(64)53-23-33(75)39(20(10-62)81-44(23)57-22(68)5-52)87-47-26(56-15(4)67)34(76)40(21(11-63)86-47)88-48-37(79)41(89-50-42(35(77)29(71)18(8-60)84-50)90-45-24(54-13(2)65)31(73)27(69)16(6-58)82-45)38(80)49(92-48)93-51-43(36(78)30(72)19(9-61)85-51)91-46-25(55-14(3)66)32(74)28(70)17(7-59)83-46/h16-21,23-51,58-63,69-80H,5-11H2,1-4H3,(H,53,64)(H,54,65)(H,55,66)(H,56,67)(H,57,68)/t16?,17-,18?,19?,20?,21?,23?,24?,25?,26?,27+,28+,29+,30+,31+,32?,33+,34+,35?,36-,37?,38-,39+,40+,41+,42?,43?,44+,45-,46-,47-,48+,49?,50+,51+/m0/s1. The van der Waals surface area contributed by atoms with Crippen molar-refractivity contribution in [3.8, 4) is 0 Å². The van der Waals surface area contributed by atoms with Crippen LogP contribution in [0.5, 0.6) is 0 Å². The van der Waals surface area contributed by atoms with Crippen molar-refractivity contribution in [2.24, 2.45) is 0 Å². The number of carbonyl (C=O) groups excluding carboxylic acids is 5. The number of hydrogen-bond donors (Lipinski definition) is 23. The zero-order valence-corrected chi connectivity index (χ0v) is 51.5. The van der Waals surface area contributed by atoms with Gasteiger partial charge < -0.3 is 180 Å². The summed E-state index contributed by atoms with van der Waals surface area (Å²) in [4.78, 5) is 62.5. The zero-order chi connectivity index (χ0) is 68.8. The predicted octanol–water partition coefficient (Wildman–Crippen LogP) is -15.2. The molecule has 35 atom stereocenters. The number of aliphatic hydroxyl groups is 18. The maximum atomic E-state index is 12.9. The maximum absolute atomic E-state index is 12.9. The summed E-state index contributed by atoms with van der Waals surface area (Å²) in [7, 11) is 0. The molecule has 5 amide bonds. The Morgan fingerprint density at radius 2 is 0.591 bits per heavy atom. The van der Waals surface area contributed by atoms with E-state index in [4.69, 9.17) is 61.6 Å². The van der Waals surface area contributed by atoms with Crippen LogP contribution in [-0.4, -0.2) is 381 Å². The molecule has 0 aromatic rings. The number of amides is 5. The maximum Gasteiger partial charge on any atom is 0.232 e. The highest BCUT2D eigenvalue weighted by atomic mass is 79.9. The number of ether oxygens (including phenoxy) is 13. The van der Waals surface area contributed by atoms with Crippen molar-refractivity contribution in [3.63, 3.8) is 0 Å². The van der Waals surface area contributed by atoms with Gasteiger partial charge in [0.1, 0.15) is 165 Å². The molecule has 15 unspecified atom stereocenters. The summed E-state index contributed by atoms with van der Waals surface area (Å²) in [5, 5.41) is 212. The molecule has 0 aliphatic carbocycles. The lowest BCUT2D eigenvalue weighted by Gasteiger charge is -2.51. The summed E-state index contributed by atoms with van der Waals surface area (Å²) in [6, 6.07) is -6.92. The van der Waals surface area contributed by atoms with Gasteiger partial charge in [-0.25, -0.2) is 0 Å². The number of alkyl halides is 1. The Balaban J connectivity index is 1.28. The Hall–Kier alpha value is -3.41. The van der Waals surface area contributed by atoms with E-state index < -0.39 is 284 Å². The lowest BCUT2D eigenvalue weighted by atomic mass is 9.93. The molecule has 7 rings (SSSR count). The first kappa shape index (κ1) is 76.9. The van der Waals surface area contributed by atoms with Gasteiger partial charge in [0, 0.05) is 27.7 Å². The van der Waals surface area contributed by atoms with Crippen LogP contribution in [0.3, 0.4) is 0 Å². The first-order valence-electron chi connectivity index (χ1n) is 29.2. The fourth-order valence-electron chi connectivity index (χ4n) is 11.6. The highest BCUT2D eigenvalue weighted by Gasteiger charge is 2.60. The van der Waals surface area contributed by atoms with E-state index >= 15 is 0 Å². The molecule has 7 saturated heterocycles. The van der Waals surface area contributed by atoms with E-state index in [1.54, 1.807) is 0 Å². The highest BCUT2D eigenvalue weighted by molar-refractivity contribution is 9.09. The Kier molecular flexibility index (Phi) is 28.1. The summed E-state index contributed by atoms with van der Waals surface area (Å²) in [6.07, 6.45) is -64.2. The number of carbonyl (C=O) groups is 5. The molecule has 0 bridgehead atoms. The van der Waals surface area contributed by atoms with E-state index in [-0.39, 0.29) is 5.33 Å². The summed E-state index contributed by atoms with van der Waals surface area (Å²) >= 11 is 2.97. The van der Waals surface area contributed by atoms with Gasteiger partial charge in [-0.05, 0) is 0 Å². The summed E-state index contributed by atoms with van der Waals surface area (Å²) < 4.78 is 77.3. The molecule has 41 nitrogen and oxygen atoms in total. The predicted molar refractivity (Wildman–Crippen MR) is 293 cm³/mol. The minimum Gasteiger partial charge on any atom is -0.394 e. The quantitative estimate of drug-likeness (QED) is 0.0399. The van der Waals surface area contributed by atoms with Crippen LogP contribution in [0.25, 0.3) is 0 Å². The van der Waals surface area contributed by atoms with Crippen LogP contribution in [0.15, 0.2) is 0 Å². The van der Waals surface area contributed by atoms with Crippen molar-refractivity contribution in [3.05, 3.63) is 0 Å². The number of hydrogen-bond acceptors (Lipinski definition) is 36. The Morgan fingerprint density at radius 3 is 0.978 bits per heavy atom. The van der Waals surface area contributed by atoms with Crippen molar-refractivity contribution in [1.29, 1.82) is 0 Å². The van der Waals surface area contributed by atoms with Crippen molar-refractivity contribution in [2.75, 3.05) is 45.0 Å². The van der Waals surface area contributed by atoms with Gasteiger partial charge in [-0.15, -0.1) is 0 Å². The average Bonchev–Trinajstić information content (AvgIpc) is 0.776. The molecule has 0 radical (unpaired) electrons.